The van der Waals surface area contributed by atoms with Gasteiger partial charge < -0.3 is 5.73 Å². The minimum atomic E-state index is 0.609. The van der Waals surface area contributed by atoms with Gasteiger partial charge in [0.1, 0.15) is 5.82 Å². The molecule has 1 aromatic carbocycles. The van der Waals surface area contributed by atoms with Gasteiger partial charge in [-0.15, -0.1) is 10.2 Å². The second kappa shape index (κ2) is 4.53. The molecule has 0 bridgehead atoms. The van der Waals surface area contributed by atoms with E-state index < -0.39 is 0 Å². The Hall–Kier alpha value is -2.69. The highest BCUT2D eigenvalue weighted by atomic mass is 15.3. The Morgan fingerprint density at radius 3 is 2.58 bits per heavy atom. The van der Waals surface area contributed by atoms with E-state index in [1.807, 2.05) is 47.9 Å². The highest BCUT2D eigenvalue weighted by molar-refractivity contribution is 5.61. The molecule has 19 heavy (non-hydrogen) atoms. The zero-order valence-electron chi connectivity index (χ0n) is 10.5. The van der Waals surface area contributed by atoms with Crippen LogP contribution in [0.1, 0.15) is 5.82 Å². The Morgan fingerprint density at radius 1 is 1.05 bits per heavy atom. The summed E-state index contributed by atoms with van der Waals surface area (Å²) in [6.45, 7) is 1.92. The average Bonchev–Trinajstić information content (AvgIpc) is 2.82. The van der Waals surface area contributed by atoms with E-state index in [0.717, 1.165) is 22.9 Å². The maximum Gasteiger partial charge on any atom is 0.170 e. The van der Waals surface area contributed by atoms with Gasteiger partial charge in [-0.3, -0.25) is 9.55 Å². The molecule has 2 heterocycles. The molecule has 94 valence electrons. The standard InChI is InChI=1S/C14H13N5/c1-10-17-18-14(11-7-12(15)9-16-8-11)19(10)13-5-3-2-4-6-13/h2-9H,15H2,1H3. The summed E-state index contributed by atoms with van der Waals surface area (Å²) >= 11 is 0. The predicted molar refractivity (Wildman–Crippen MR) is 73.7 cm³/mol. The van der Waals surface area contributed by atoms with Crippen molar-refractivity contribution in [2.75, 3.05) is 5.73 Å². The van der Waals surface area contributed by atoms with Gasteiger partial charge in [0.25, 0.3) is 0 Å². The minimum Gasteiger partial charge on any atom is -0.397 e. The van der Waals surface area contributed by atoms with E-state index >= 15 is 0 Å². The van der Waals surface area contributed by atoms with Gasteiger partial charge in [0.05, 0.1) is 5.69 Å². The van der Waals surface area contributed by atoms with Crippen LogP contribution in [0, 0.1) is 6.92 Å². The quantitative estimate of drug-likeness (QED) is 0.758. The van der Waals surface area contributed by atoms with Crippen molar-refractivity contribution >= 4 is 5.69 Å². The molecule has 0 saturated heterocycles. The van der Waals surface area contributed by atoms with Crippen molar-refractivity contribution in [1.29, 1.82) is 0 Å². The summed E-state index contributed by atoms with van der Waals surface area (Å²) in [6.07, 6.45) is 3.35. The third-order valence-electron chi connectivity index (χ3n) is 2.86. The first-order valence-electron chi connectivity index (χ1n) is 5.94. The fourth-order valence-electron chi connectivity index (χ4n) is 2.02. The Kier molecular flexibility index (Phi) is 2.72. The molecule has 2 aromatic heterocycles. The molecule has 0 aliphatic heterocycles. The van der Waals surface area contributed by atoms with Crippen LogP contribution in [-0.2, 0) is 0 Å². The summed E-state index contributed by atoms with van der Waals surface area (Å²) < 4.78 is 1.98. The predicted octanol–water partition coefficient (Wildman–Crippen LogP) is 2.22. The normalized spacial score (nSPS) is 10.6. The smallest absolute Gasteiger partial charge is 0.170 e. The summed E-state index contributed by atoms with van der Waals surface area (Å²) in [5.74, 6) is 1.56. The molecule has 0 amide bonds. The van der Waals surface area contributed by atoms with Gasteiger partial charge >= 0.3 is 0 Å². The molecule has 0 aliphatic carbocycles. The third-order valence-corrected chi connectivity index (χ3v) is 2.86. The fourth-order valence-corrected chi connectivity index (χ4v) is 2.02. The van der Waals surface area contributed by atoms with Gasteiger partial charge in [-0.25, -0.2) is 0 Å². The van der Waals surface area contributed by atoms with Crippen LogP contribution < -0.4 is 5.73 Å². The number of benzene rings is 1. The number of hydrogen-bond donors (Lipinski definition) is 1. The van der Waals surface area contributed by atoms with Gasteiger partial charge in [-0.2, -0.15) is 0 Å². The Bertz CT molecular complexity index is 703. The lowest BCUT2D eigenvalue weighted by Gasteiger charge is -2.08. The average molecular weight is 251 g/mol. The summed E-state index contributed by atoms with van der Waals surface area (Å²) in [5.41, 5.74) is 8.25. The van der Waals surface area contributed by atoms with Crippen molar-refractivity contribution in [3.8, 4) is 17.1 Å². The molecule has 0 spiro atoms. The van der Waals surface area contributed by atoms with Crippen LogP contribution in [0.2, 0.25) is 0 Å². The van der Waals surface area contributed by atoms with Crippen LogP contribution in [0.4, 0.5) is 5.69 Å². The number of para-hydroxylation sites is 1. The van der Waals surface area contributed by atoms with E-state index in [0.29, 0.717) is 5.69 Å². The lowest BCUT2D eigenvalue weighted by molar-refractivity contribution is 0.971. The molecule has 3 aromatic rings. The SMILES string of the molecule is Cc1nnc(-c2cncc(N)c2)n1-c1ccccc1. The van der Waals surface area contributed by atoms with Gasteiger partial charge in [0.15, 0.2) is 5.82 Å². The van der Waals surface area contributed by atoms with Gasteiger partial charge in [-0.1, -0.05) is 18.2 Å². The van der Waals surface area contributed by atoms with Crippen molar-refractivity contribution < 1.29 is 0 Å². The van der Waals surface area contributed by atoms with Crippen LogP contribution in [0.5, 0.6) is 0 Å². The molecule has 0 aliphatic rings. The van der Waals surface area contributed by atoms with E-state index in [-0.39, 0.29) is 0 Å². The highest BCUT2D eigenvalue weighted by Crippen LogP contribution is 2.22. The first-order valence-corrected chi connectivity index (χ1v) is 5.94. The van der Waals surface area contributed by atoms with Crippen LogP contribution in [-0.4, -0.2) is 19.7 Å². The molecule has 0 fully saturated rings. The molecule has 0 unspecified atom stereocenters. The van der Waals surface area contributed by atoms with Crippen molar-refractivity contribution in [3.05, 3.63) is 54.6 Å². The maximum absolute atomic E-state index is 5.77. The number of pyridine rings is 1. The number of anilines is 1. The van der Waals surface area contributed by atoms with Crippen molar-refractivity contribution in [2.24, 2.45) is 0 Å². The van der Waals surface area contributed by atoms with Crippen LogP contribution in [0.15, 0.2) is 48.8 Å². The van der Waals surface area contributed by atoms with Crippen LogP contribution >= 0.6 is 0 Å². The molecular weight excluding hydrogens is 238 g/mol. The van der Waals surface area contributed by atoms with Gasteiger partial charge in [0.2, 0.25) is 0 Å². The molecular formula is C14H13N5. The van der Waals surface area contributed by atoms with E-state index in [1.54, 1.807) is 12.4 Å². The lowest BCUT2D eigenvalue weighted by Crippen LogP contribution is -2.00. The van der Waals surface area contributed by atoms with Crippen molar-refractivity contribution in [2.45, 2.75) is 6.92 Å². The number of aryl methyl sites for hydroxylation is 1. The first-order chi connectivity index (χ1) is 9.25. The molecule has 3 rings (SSSR count). The monoisotopic (exact) mass is 251 g/mol. The first kappa shape index (κ1) is 11.4. The van der Waals surface area contributed by atoms with E-state index in [9.17, 15) is 0 Å². The number of nitrogen functional groups attached to an aromatic ring is 1. The Morgan fingerprint density at radius 2 is 1.84 bits per heavy atom. The highest BCUT2D eigenvalue weighted by Gasteiger charge is 2.12. The molecule has 0 saturated carbocycles. The molecule has 5 nitrogen and oxygen atoms in total. The second-order valence-electron chi connectivity index (χ2n) is 4.25. The molecule has 2 N–H and O–H groups in total. The summed E-state index contributed by atoms with van der Waals surface area (Å²) in [7, 11) is 0. The number of nitrogens with zero attached hydrogens (tertiary/aromatic N) is 4. The summed E-state index contributed by atoms with van der Waals surface area (Å²) in [4.78, 5) is 4.10. The lowest BCUT2D eigenvalue weighted by atomic mass is 10.2. The summed E-state index contributed by atoms with van der Waals surface area (Å²) in [6, 6.07) is 11.8. The molecule has 0 atom stereocenters. The maximum atomic E-state index is 5.77. The Balaban J connectivity index is 2.19. The largest absolute Gasteiger partial charge is 0.397 e. The molecule has 5 heteroatoms. The number of nitrogens with two attached hydrogens (primary N) is 1. The van der Waals surface area contributed by atoms with E-state index in [4.69, 9.17) is 5.73 Å². The zero-order valence-corrected chi connectivity index (χ0v) is 10.5. The topological polar surface area (TPSA) is 69.6 Å². The van der Waals surface area contributed by atoms with Crippen LogP contribution in [0.3, 0.4) is 0 Å². The minimum absolute atomic E-state index is 0.609. The second-order valence-corrected chi connectivity index (χ2v) is 4.25. The fraction of sp³-hybridized carbons (Fsp3) is 0.0714. The van der Waals surface area contributed by atoms with Gasteiger partial charge in [0, 0.05) is 23.6 Å². The van der Waals surface area contributed by atoms with Crippen LogP contribution in [0.25, 0.3) is 17.1 Å². The summed E-state index contributed by atoms with van der Waals surface area (Å²) in [5, 5.41) is 8.36. The number of rotatable bonds is 2. The number of hydrogen-bond acceptors (Lipinski definition) is 4. The molecule has 0 radical (unpaired) electrons. The zero-order chi connectivity index (χ0) is 13.2. The van der Waals surface area contributed by atoms with Crippen molar-refractivity contribution in [1.82, 2.24) is 19.7 Å². The third kappa shape index (κ3) is 2.06. The van der Waals surface area contributed by atoms with E-state index in [2.05, 4.69) is 15.2 Å². The Labute approximate surface area is 110 Å². The van der Waals surface area contributed by atoms with Gasteiger partial charge in [-0.05, 0) is 25.1 Å². The van der Waals surface area contributed by atoms with Crippen molar-refractivity contribution in [3.63, 3.8) is 0 Å². The van der Waals surface area contributed by atoms with E-state index in [1.165, 1.54) is 0 Å². The number of aromatic nitrogens is 4.